The molecule has 1 N–H and O–H groups in total. The molecule has 20 heavy (non-hydrogen) atoms. The van der Waals surface area contributed by atoms with Crippen LogP contribution in [0, 0.1) is 0 Å². The lowest BCUT2D eigenvalue weighted by Gasteiger charge is -2.31. The van der Waals surface area contributed by atoms with Gasteiger partial charge in [-0.05, 0) is 51.4 Å². The van der Waals surface area contributed by atoms with Crippen molar-refractivity contribution in [1.29, 1.82) is 0 Å². The number of hydrogen-bond donors (Lipinski definition) is 1. The van der Waals surface area contributed by atoms with Gasteiger partial charge in [-0.25, -0.2) is 0 Å². The van der Waals surface area contributed by atoms with Gasteiger partial charge in [0, 0.05) is 29.3 Å². The maximum absolute atomic E-state index is 6.46. The molecular weight excluding hydrogens is 268 g/mol. The van der Waals surface area contributed by atoms with Crippen LogP contribution in [-0.2, 0) is 0 Å². The van der Waals surface area contributed by atoms with Crippen molar-refractivity contribution < 1.29 is 0 Å². The molecule has 0 spiro atoms. The predicted molar refractivity (Wildman–Crippen MR) is 90.9 cm³/mol. The van der Waals surface area contributed by atoms with E-state index >= 15 is 0 Å². The van der Waals surface area contributed by atoms with Crippen LogP contribution in [0.25, 0.3) is 0 Å². The fourth-order valence-corrected chi connectivity index (χ4v) is 2.69. The molecule has 2 atom stereocenters. The Kier molecular flexibility index (Phi) is 7.39. The number of nitrogens with one attached hydrogen (secondary N) is 1. The Morgan fingerprint density at radius 1 is 1.25 bits per heavy atom. The number of nitrogens with zero attached hydrogens (tertiary/aromatic N) is 1. The molecular formula is C17H29ClN2. The molecule has 0 radical (unpaired) electrons. The zero-order valence-electron chi connectivity index (χ0n) is 13.5. The predicted octanol–water partition coefficient (Wildman–Crippen LogP) is 5.03. The van der Waals surface area contributed by atoms with Crippen LogP contribution in [0.5, 0.6) is 0 Å². The highest BCUT2D eigenvalue weighted by Crippen LogP contribution is 2.29. The van der Waals surface area contributed by atoms with Crippen molar-refractivity contribution in [3.8, 4) is 0 Å². The Hall–Kier alpha value is -0.730. The first-order valence-corrected chi connectivity index (χ1v) is 8.16. The van der Waals surface area contributed by atoms with Crippen molar-refractivity contribution >= 4 is 17.3 Å². The molecule has 1 rings (SSSR count). The van der Waals surface area contributed by atoms with Gasteiger partial charge in [0.15, 0.2) is 0 Å². The van der Waals surface area contributed by atoms with Crippen molar-refractivity contribution in [3.05, 3.63) is 28.8 Å². The van der Waals surface area contributed by atoms with Crippen LogP contribution in [0.4, 0.5) is 5.69 Å². The van der Waals surface area contributed by atoms with E-state index in [1.54, 1.807) is 0 Å². The topological polar surface area (TPSA) is 15.3 Å². The number of halogens is 1. The van der Waals surface area contributed by atoms with Crippen molar-refractivity contribution in [2.45, 2.75) is 59.0 Å². The lowest BCUT2D eigenvalue weighted by Crippen LogP contribution is -2.33. The van der Waals surface area contributed by atoms with Crippen molar-refractivity contribution in [1.82, 2.24) is 5.32 Å². The molecule has 0 heterocycles. The highest BCUT2D eigenvalue weighted by molar-refractivity contribution is 6.31. The van der Waals surface area contributed by atoms with Crippen LogP contribution in [-0.4, -0.2) is 19.6 Å². The molecule has 0 aliphatic rings. The van der Waals surface area contributed by atoms with Gasteiger partial charge in [0.1, 0.15) is 0 Å². The largest absolute Gasteiger partial charge is 0.369 e. The molecule has 0 bridgehead atoms. The minimum atomic E-state index is 0.282. The third kappa shape index (κ3) is 4.39. The van der Waals surface area contributed by atoms with Crippen molar-refractivity contribution in [2.24, 2.45) is 0 Å². The second-order valence-corrected chi connectivity index (χ2v) is 5.93. The Morgan fingerprint density at radius 2 is 1.95 bits per heavy atom. The second kappa shape index (κ2) is 8.53. The van der Waals surface area contributed by atoms with Crippen molar-refractivity contribution in [2.75, 3.05) is 18.5 Å². The van der Waals surface area contributed by atoms with Crippen LogP contribution in [0.15, 0.2) is 18.2 Å². The van der Waals surface area contributed by atoms with Gasteiger partial charge >= 0.3 is 0 Å². The molecule has 0 aliphatic heterocycles. The summed E-state index contributed by atoms with van der Waals surface area (Å²) in [5.74, 6) is 0. The van der Waals surface area contributed by atoms with Gasteiger partial charge in [0.05, 0.1) is 0 Å². The summed E-state index contributed by atoms with van der Waals surface area (Å²) in [6, 6.07) is 7.30. The van der Waals surface area contributed by atoms with Gasteiger partial charge in [-0.2, -0.15) is 0 Å². The first-order valence-electron chi connectivity index (χ1n) is 7.78. The van der Waals surface area contributed by atoms with Gasteiger partial charge in [0.25, 0.3) is 0 Å². The van der Waals surface area contributed by atoms with Gasteiger partial charge in [-0.1, -0.05) is 37.9 Å². The summed E-state index contributed by atoms with van der Waals surface area (Å²) in [6.07, 6.45) is 3.59. The van der Waals surface area contributed by atoms with Crippen LogP contribution in [0.2, 0.25) is 5.02 Å². The summed E-state index contributed by atoms with van der Waals surface area (Å²) in [5.41, 5.74) is 2.40. The molecule has 0 aliphatic carbocycles. The maximum Gasteiger partial charge on any atom is 0.0474 e. The van der Waals surface area contributed by atoms with E-state index in [1.165, 1.54) is 18.5 Å². The van der Waals surface area contributed by atoms with Crippen LogP contribution < -0.4 is 10.2 Å². The van der Waals surface area contributed by atoms with Crippen molar-refractivity contribution in [3.63, 3.8) is 0 Å². The molecule has 0 saturated heterocycles. The third-order valence-electron chi connectivity index (χ3n) is 4.09. The summed E-state index contributed by atoms with van der Waals surface area (Å²) in [7, 11) is 1.96. The number of rotatable bonds is 8. The second-order valence-electron chi connectivity index (χ2n) is 5.52. The molecule has 0 fully saturated rings. The van der Waals surface area contributed by atoms with Gasteiger partial charge in [-0.3, -0.25) is 0 Å². The zero-order chi connectivity index (χ0) is 15.1. The summed E-state index contributed by atoms with van der Waals surface area (Å²) >= 11 is 6.46. The van der Waals surface area contributed by atoms with E-state index in [-0.39, 0.29) is 6.04 Å². The first kappa shape index (κ1) is 17.3. The van der Waals surface area contributed by atoms with Crippen LogP contribution >= 0.6 is 11.6 Å². The molecule has 0 amide bonds. The zero-order valence-corrected chi connectivity index (χ0v) is 14.3. The number of hydrogen-bond acceptors (Lipinski definition) is 2. The fourth-order valence-electron chi connectivity index (χ4n) is 2.35. The molecule has 0 aromatic heterocycles. The Balaban J connectivity index is 2.99. The van der Waals surface area contributed by atoms with E-state index in [0.29, 0.717) is 6.04 Å². The lowest BCUT2D eigenvalue weighted by molar-refractivity contribution is 0.595. The minimum absolute atomic E-state index is 0.282. The highest BCUT2D eigenvalue weighted by atomic mass is 35.5. The quantitative estimate of drug-likeness (QED) is 0.724. The minimum Gasteiger partial charge on any atom is -0.369 e. The fraction of sp³-hybridized carbons (Fsp3) is 0.647. The lowest BCUT2D eigenvalue weighted by atomic mass is 10.1. The summed E-state index contributed by atoms with van der Waals surface area (Å²) in [5, 5.41) is 4.10. The van der Waals surface area contributed by atoms with E-state index in [1.807, 2.05) is 7.05 Å². The summed E-state index contributed by atoms with van der Waals surface area (Å²) in [4.78, 5) is 2.48. The molecule has 1 aromatic rings. The first-order chi connectivity index (χ1) is 9.54. The van der Waals surface area contributed by atoms with E-state index in [4.69, 9.17) is 11.6 Å². The highest BCUT2D eigenvalue weighted by Gasteiger charge is 2.15. The Bertz CT molecular complexity index is 406. The molecule has 2 unspecified atom stereocenters. The molecule has 3 heteroatoms. The van der Waals surface area contributed by atoms with E-state index < -0.39 is 0 Å². The Morgan fingerprint density at radius 3 is 2.45 bits per heavy atom. The normalized spacial score (nSPS) is 14.1. The Labute approximate surface area is 129 Å². The smallest absolute Gasteiger partial charge is 0.0474 e. The SMILES string of the molecule is CCCCN(c1ccc(C(C)NC)c(Cl)c1)C(C)CC. The average Bonchev–Trinajstić information content (AvgIpc) is 2.46. The van der Waals surface area contributed by atoms with E-state index in [9.17, 15) is 0 Å². The van der Waals surface area contributed by atoms with E-state index in [0.717, 1.165) is 23.6 Å². The number of benzene rings is 1. The number of anilines is 1. The summed E-state index contributed by atoms with van der Waals surface area (Å²) in [6.45, 7) is 9.99. The molecule has 2 nitrogen and oxygen atoms in total. The summed E-state index contributed by atoms with van der Waals surface area (Å²) < 4.78 is 0. The van der Waals surface area contributed by atoms with Crippen LogP contribution in [0.3, 0.4) is 0 Å². The molecule has 1 aromatic carbocycles. The van der Waals surface area contributed by atoms with Gasteiger partial charge in [0.2, 0.25) is 0 Å². The molecule has 114 valence electrons. The van der Waals surface area contributed by atoms with Gasteiger partial charge < -0.3 is 10.2 Å². The average molecular weight is 297 g/mol. The standard InChI is InChI=1S/C17H29ClN2/c1-6-8-11-20(13(3)7-2)15-9-10-16(14(4)19-5)17(18)12-15/h9-10,12-14,19H,6-8,11H2,1-5H3. The maximum atomic E-state index is 6.46. The third-order valence-corrected chi connectivity index (χ3v) is 4.42. The number of unbranched alkanes of at least 4 members (excludes halogenated alkanes) is 1. The van der Waals surface area contributed by atoms with E-state index in [2.05, 4.69) is 56.1 Å². The molecule has 0 saturated carbocycles. The van der Waals surface area contributed by atoms with Crippen LogP contribution in [0.1, 0.15) is 58.6 Å². The monoisotopic (exact) mass is 296 g/mol. The van der Waals surface area contributed by atoms with Gasteiger partial charge in [-0.15, -0.1) is 0 Å².